The Morgan fingerprint density at radius 3 is 1.33 bits per heavy atom. The van der Waals surface area contributed by atoms with Gasteiger partial charge in [-0.15, -0.1) is 0 Å². The molecule has 39 heavy (non-hydrogen) atoms. The first-order valence-corrected chi connectivity index (χ1v) is 15.3. The highest BCUT2D eigenvalue weighted by Gasteiger charge is 2.21. The van der Waals surface area contributed by atoms with E-state index in [0.29, 0.717) is 0 Å². The Kier molecular flexibility index (Phi) is 13.0. The molecule has 0 unspecified atom stereocenters. The van der Waals surface area contributed by atoms with Gasteiger partial charge in [0.25, 0.3) is 0 Å². The zero-order valence-electron chi connectivity index (χ0n) is 24.0. The average Bonchev–Trinajstić information content (AvgIpc) is 2.96. The van der Waals surface area contributed by atoms with Crippen LogP contribution in [0.4, 0.5) is 8.78 Å². The summed E-state index contributed by atoms with van der Waals surface area (Å²) >= 11 is 0. The number of aryl methyl sites for hydroxylation is 2. The van der Waals surface area contributed by atoms with Crippen molar-refractivity contribution in [3.05, 3.63) is 70.3 Å². The van der Waals surface area contributed by atoms with Gasteiger partial charge in [0, 0.05) is 0 Å². The van der Waals surface area contributed by atoms with Gasteiger partial charge in [-0.25, -0.2) is 8.78 Å². The van der Waals surface area contributed by atoms with E-state index in [-0.39, 0.29) is 22.8 Å². The molecule has 0 heterocycles. The van der Waals surface area contributed by atoms with E-state index in [2.05, 4.69) is 13.8 Å². The minimum Gasteiger partial charge on any atom is -0.206 e. The quantitative estimate of drug-likeness (QED) is 0.322. The fourth-order valence-corrected chi connectivity index (χ4v) is 6.50. The monoisotopic (exact) mass is 532 g/mol. The van der Waals surface area contributed by atoms with Gasteiger partial charge in [0.2, 0.25) is 0 Å². The molecule has 2 saturated carbocycles. The molecule has 4 rings (SSSR count). The third-order valence-electron chi connectivity index (χ3n) is 9.20. The summed E-state index contributed by atoms with van der Waals surface area (Å²) in [6.45, 7) is 4.55. The molecule has 2 aromatic rings. The van der Waals surface area contributed by atoms with E-state index < -0.39 is 0 Å². The smallest absolute Gasteiger partial charge is 0.141 e. The number of nitriles is 2. The van der Waals surface area contributed by atoms with Crippen LogP contribution in [0.2, 0.25) is 0 Å². The molecule has 0 spiro atoms. The van der Waals surface area contributed by atoms with Gasteiger partial charge in [-0.05, 0) is 84.7 Å². The minimum atomic E-state index is -0.380. The predicted molar refractivity (Wildman–Crippen MR) is 155 cm³/mol. The highest BCUT2D eigenvalue weighted by atomic mass is 19.1. The Hall–Kier alpha value is -2.72. The third-order valence-corrected chi connectivity index (χ3v) is 9.20. The van der Waals surface area contributed by atoms with Gasteiger partial charge in [0.15, 0.2) is 0 Å². The Balaban J connectivity index is 0.000000216. The second-order valence-electron chi connectivity index (χ2n) is 11.9. The summed E-state index contributed by atoms with van der Waals surface area (Å²) in [4.78, 5) is 0. The normalized spacial score (nSPS) is 22.7. The SMILES string of the molecule is CCC[C@H]1CC[C@H](CCc2ccc(C#N)c(F)c2)CC1.CC[C@H]1CC[C@H](CCc2ccc(C#N)c(F)c2)CC1. The maximum atomic E-state index is 13.5. The van der Waals surface area contributed by atoms with Crippen molar-refractivity contribution in [2.24, 2.45) is 23.7 Å². The van der Waals surface area contributed by atoms with E-state index in [1.165, 1.54) is 82.8 Å². The summed E-state index contributed by atoms with van der Waals surface area (Å²) < 4.78 is 27.0. The van der Waals surface area contributed by atoms with Crippen LogP contribution in [0, 0.1) is 58.0 Å². The van der Waals surface area contributed by atoms with Gasteiger partial charge in [-0.1, -0.05) is 96.6 Å². The molecule has 0 bridgehead atoms. The Bertz CT molecular complexity index is 1100. The number of hydrogen-bond donors (Lipinski definition) is 0. The molecule has 4 heteroatoms. The zero-order chi connectivity index (χ0) is 28.0. The van der Waals surface area contributed by atoms with Crippen LogP contribution < -0.4 is 0 Å². The second-order valence-corrected chi connectivity index (χ2v) is 11.9. The first-order chi connectivity index (χ1) is 18.9. The largest absolute Gasteiger partial charge is 0.206 e. The molecule has 2 nitrogen and oxygen atoms in total. The number of hydrogen-bond acceptors (Lipinski definition) is 2. The van der Waals surface area contributed by atoms with Crippen LogP contribution in [0.5, 0.6) is 0 Å². The molecule has 2 aromatic carbocycles. The van der Waals surface area contributed by atoms with E-state index in [1.54, 1.807) is 12.1 Å². The fraction of sp³-hybridized carbons (Fsp3) is 0.600. The lowest BCUT2D eigenvalue weighted by molar-refractivity contribution is 0.252. The van der Waals surface area contributed by atoms with E-state index >= 15 is 0 Å². The number of rotatable bonds is 9. The molecule has 0 radical (unpaired) electrons. The Morgan fingerprint density at radius 2 is 1.00 bits per heavy atom. The molecule has 0 atom stereocenters. The van der Waals surface area contributed by atoms with Crippen molar-refractivity contribution >= 4 is 0 Å². The molecular weight excluding hydrogens is 486 g/mol. The molecule has 2 aliphatic carbocycles. The highest BCUT2D eigenvalue weighted by Crippen LogP contribution is 2.34. The summed E-state index contributed by atoms with van der Waals surface area (Å²) in [5.74, 6) is 2.74. The molecule has 2 aliphatic rings. The zero-order valence-corrected chi connectivity index (χ0v) is 24.0. The maximum absolute atomic E-state index is 13.5. The standard InChI is InChI=1S/C18H24FN.C17H22FN/c1-2-3-14-4-6-15(7-5-14)8-9-16-10-11-17(13-20)18(19)12-16;1-2-13-3-5-14(6-4-13)7-8-15-9-10-16(12-19)17(18)11-15/h10-12,14-15H,2-9H2,1H3;9-11,13-14H,2-8H2,1H3/t14-,15-;13-,14-. The van der Waals surface area contributed by atoms with Gasteiger partial charge in [-0.3, -0.25) is 0 Å². The number of benzene rings is 2. The van der Waals surface area contributed by atoms with Crippen molar-refractivity contribution in [2.45, 2.75) is 110 Å². The average molecular weight is 533 g/mol. The number of nitrogens with zero attached hydrogens (tertiary/aromatic N) is 2. The van der Waals surface area contributed by atoms with Crippen molar-refractivity contribution < 1.29 is 8.78 Å². The predicted octanol–water partition coefficient (Wildman–Crippen LogP) is 10.1. The van der Waals surface area contributed by atoms with Crippen LogP contribution in [0.15, 0.2) is 36.4 Å². The second kappa shape index (κ2) is 16.4. The van der Waals surface area contributed by atoms with Gasteiger partial charge in [-0.2, -0.15) is 10.5 Å². The van der Waals surface area contributed by atoms with Crippen molar-refractivity contribution in [2.75, 3.05) is 0 Å². The first kappa shape index (κ1) is 30.8. The van der Waals surface area contributed by atoms with Crippen LogP contribution in [0.25, 0.3) is 0 Å². The van der Waals surface area contributed by atoms with Crippen molar-refractivity contribution in [3.63, 3.8) is 0 Å². The summed E-state index contributed by atoms with van der Waals surface area (Å²) in [6, 6.07) is 13.8. The van der Waals surface area contributed by atoms with Crippen LogP contribution in [-0.2, 0) is 12.8 Å². The summed E-state index contributed by atoms with van der Waals surface area (Å²) in [6.07, 6.45) is 19.0. The summed E-state index contributed by atoms with van der Waals surface area (Å²) in [5, 5.41) is 17.4. The van der Waals surface area contributed by atoms with Gasteiger partial charge in [0.05, 0.1) is 11.1 Å². The van der Waals surface area contributed by atoms with E-state index in [1.807, 2.05) is 24.3 Å². The lowest BCUT2D eigenvalue weighted by Crippen LogP contribution is -2.15. The fourth-order valence-electron chi connectivity index (χ4n) is 6.50. The van der Waals surface area contributed by atoms with Gasteiger partial charge in [0.1, 0.15) is 23.8 Å². The van der Waals surface area contributed by atoms with Crippen molar-refractivity contribution in [3.8, 4) is 12.1 Å². The Morgan fingerprint density at radius 1 is 0.615 bits per heavy atom. The van der Waals surface area contributed by atoms with Crippen LogP contribution >= 0.6 is 0 Å². The van der Waals surface area contributed by atoms with E-state index in [0.717, 1.165) is 60.5 Å². The third kappa shape index (κ3) is 10.1. The lowest BCUT2D eigenvalue weighted by Gasteiger charge is -2.28. The lowest BCUT2D eigenvalue weighted by atomic mass is 9.78. The van der Waals surface area contributed by atoms with E-state index in [9.17, 15) is 8.78 Å². The molecular formula is C35H46F2N2. The minimum absolute atomic E-state index is 0.146. The molecule has 210 valence electrons. The maximum Gasteiger partial charge on any atom is 0.141 e. The molecule has 0 saturated heterocycles. The molecule has 2 fully saturated rings. The van der Waals surface area contributed by atoms with Crippen molar-refractivity contribution in [1.29, 1.82) is 10.5 Å². The molecule has 0 N–H and O–H groups in total. The summed E-state index contributed by atoms with van der Waals surface area (Å²) in [5.41, 5.74) is 2.34. The summed E-state index contributed by atoms with van der Waals surface area (Å²) in [7, 11) is 0. The van der Waals surface area contributed by atoms with Crippen LogP contribution in [0.1, 0.15) is 120 Å². The van der Waals surface area contributed by atoms with Crippen molar-refractivity contribution in [1.82, 2.24) is 0 Å². The van der Waals surface area contributed by atoms with Gasteiger partial charge >= 0.3 is 0 Å². The molecule has 0 aromatic heterocycles. The Labute approximate surface area is 235 Å². The molecule has 0 amide bonds. The first-order valence-electron chi connectivity index (χ1n) is 15.3. The molecule has 0 aliphatic heterocycles. The van der Waals surface area contributed by atoms with Gasteiger partial charge < -0.3 is 0 Å². The van der Waals surface area contributed by atoms with Crippen LogP contribution in [-0.4, -0.2) is 0 Å². The van der Waals surface area contributed by atoms with Crippen LogP contribution in [0.3, 0.4) is 0 Å². The topological polar surface area (TPSA) is 47.6 Å². The highest BCUT2D eigenvalue weighted by molar-refractivity contribution is 5.34. The number of halogens is 2. The van der Waals surface area contributed by atoms with E-state index in [4.69, 9.17) is 10.5 Å².